The Morgan fingerprint density at radius 1 is 1.41 bits per heavy atom. The van der Waals surface area contributed by atoms with Crippen LogP contribution in [0.2, 0.25) is 0 Å². The van der Waals surface area contributed by atoms with Crippen molar-refractivity contribution < 1.29 is 0 Å². The highest BCUT2D eigenvalue weighted by atomic mass is 32.2. The van der Waals surface area contributed by atoms with Gasteiger partial charge in [-0.2, -0.15) is 11.8 Å². The van der Waals surface area contributed by atoms with Crippen molar-refractivity contribution in [3.8, 4) is 0 Å². The minimum Gasteiger partial charge on any atom is -0.313 e. The van der Waals surface area contributed by atoms with Gasteiger partial charge in [-0.25, -0.2) is 5.84 Å². The van der Waals surface area contributed by atoms with Crippen LogP contribution in [0.25, 0.3) is 0 Å². The molecule has 0 fully saturated rings. The van der Waals surface area contributed by atoms with Gasteiger partial charge in [-0.3, -0.25) is 0 Å². The molecule has 0 spiro atoms. The Balaban J connectivity index is 1.87. The molecule has 0 aliphatic heterocycles. The fourth-order valence-electron chi connectivity index (χ4n) is 1.48. The molecule has 2 rings (SSSR count). The van der Waals surface area contributed by atoms with Crippen LogP contribution in [-0.4, -0.2) is 9.59 Å². The molecular formula is C11H14N4S2. The van der Waals surface area contributed by atoms with Crippen LogP contribution in [-0.2, 0) is 11.5 Å². The molecule has 17 heavy (non-hydrogen) atoms. The van der Waals surface area contributed by atoms with Gasteiger partial charge in [0.1, 0.15) is 10.7 Å². The molecule has 0 aliphatic carbocycles. The number of aryl methyl sites for hydroxylation is 1. The van der Waals surface area contributed by atoms with E-state index in [2.05, 4.69) is 46.2 Å². The monoisotopic (exact) mass is 266 g/mol. The number of rotatable bonds is 5. The van der Waals surface area contributed by atoms with Crippen LogP contribution in [0.15, 0.2) is 24.3 Å². The minimum atomic E-state index is 0.823. The average Bonchev–Trinajstić information content (AvgIpc) is 2.77. The van der Waals surface area contributed by atoms with Crippen molar-refractivity contribution in [3.05, 3.63) is 41.1 Å². The summed E-state index contributed by atoms with van der Waals surface area (Å²) in [5.74, 6) is 7.17. The second-order valence-electron chi connectivity index (χ2n) is 3.67. The number of hydrogen-bond donors (Lipinski definition) is 2. The SMILES string of the molecule is Cc1cccc(CSCc2nnsc2NN)c1. The van der Waals surface area contributed by atoms with Crippen molar-refractivity contribution >= 4 is 28.3 Å². The molecule has 0 amide bonds. The number of thioether (sulfide) groups is 1. The van der Waals surface area contributed by atoms with Gasteiger partial charge in [0.15, 0.2) is 0 Å². The van der Waals surface area contributed by atoms with Gasteiger partial charge in [0.05, 0.1) is 0 Å². The van der Waals surface area contributed by atoms with Crippen molar-refractivity contribution in [2.75, 3.05) is 5.43 Å². The van der Waals surface area contributed by atoms with Gasteiger partial charge in [0.2, 0.25) is 0 Å². The summed E-state index contributed by atoms with van der Waals surface area (Å²) < 4.78 is 3.87. The van der Waals surface area contributed by atoms with Crippen molar-refractivity contribution in [2.24, 2.45) is 5.84 Å². The van der Waals surface area contributed by atoms with Gasteiger partial charge in [-0.1, -0.05) is 34.3 Å². The summed E-state index contributed by atoms with van der Waals surface area (Å²) in [6.45, 7) is 2.11. The maximum atomic E-state index is 5.37. The molecule has 0 bridgehead atoms. The largest absolute Gasteiger partial charge is 0.313 e. The number of nitrogens with two attached hydrogens (primary N) is 1. The summed E-state index contributed by atoms with van der Waals surface area (Å²) in [6.07, 6.45) is 0. The maximum Gasteiger partial charge on any atom is 0.148 e. The summed E-state index contributed by atoms with van der Waals surface area (Å²) >= 11 is 3.10. The van der Waals surface area contributed by atoms with Crippen molar-refractivity contribution in [1.82, 2.24) is 9.59 Å². The van der Waals surface area contributed by atoms with E-state index in [-0.39, 0.29) is 0 Å². The Labute approximate surface area is 109 Å². The quantitative estimate of drug-likeness (QED) is 0.643. The smallest absolute Gasteiger partial charge is 0.148 e. The Kier molecular flexibility index (Phi) is 4.36. The molecule has 1 heterocycles. The molecule has 0 unspecified atom stereocenters. The van der Waals surface area contributed by atoms with E-state index in [0.29, 0.717) is 0 Å². The minimum absolute atomic E-state index is 0.823. The number of hydrogen-bond acceptors (Lipinski definition) is 6. The van der Waals surface area contributed by atoms with E-state index in [0.717, 1.165) is 22.2 Å². The van der Waals surface area contributed by atoms with E-state index in [4.69, 9.17) is 5.84 Å². The first-order valence-corrected chi connectivity index (χ1v) is 7.13. The van der Waals surface area contributed by atoms with Crippen molar-refractivity contribution in [2.45, 2.75) is 18.4 Å². The number of aromatic nitrogens is 2. The lowest BCUT2D eigenvalue weighted by Gasteiger charge is -2.02. The summed E-state index contributed by atoms with van der Waals surface area (Å²) in [7, 11) is 0. The predicted molar refractivity (Wildman–Crippen MR) is 73.9 cm³/mol. The molecule has 2 aromatic rings. The Bertz CT molecular complexity index is 484. The van der Waals surface area contributed by atoms with Crippen molar-refractivity contribution in [1.29, 1.82) is 0 Å². The van der Waals surface area contributed by atoms with Crippen LogP contribution in [0, 0.1) is 6.92 Å². The lowest BCUT2D eigenvalue weighted by Crippen LogP contribution is -2.06. The maximum absolute atomic E-state index is 5.37. The molecule has 6 heteroatoms. The number of nitrogens with zero attached hydrogens (tertiary/aromatic N) is 2. The third-order valence-electron chi connectivity index (χ3n) is 2.28. The first-order valence-electron chi connectivity index (χ1n) is 5.20. The highest BCUT2D eigenvalue weighted by molar-refractivity contribution is 7.97. The standard InChI is InChI=1S/C11H14N4S2/c1-8-3-2-4-9(5-8)6-16-7-10-11(13-12)17-15-14-10/h2-5,13H,6-7,12H2,1H3. The first kappa shape index (κ1) is 12.3. The molecule has 4 nitrogen and oxygen atoms in total. The molecule has 0 aliphatic rings. The molecule has 90 valence electrons. The number of nitrogens with one attached hydrogen (secondary N) is 1. The van der Waals surface area contributed by atoms with Crippen LogP contribution in [0.1, 0.15) is 16.8 Å². The Hall–Kier alpha value is -1.11. The molecule has 0 atom stereocenters. The highest BCUT2D eigenvalue weighted by Crippen LogP contribution is 2.23. The van der Waals surface area contributed by atoms with Gasteiger partial charge >= 0.3 is 0 Å². The van der Waals surface area contributed by atoms with Crippen LogP contribution < -0.4 is 11.3 Å². The summed E-state index contributed by atoms with van der Waals surface area (Å²) in [5.41, 5.74) is 6.17. The van der Waals surface area contributed by atoms with E-state index < -0.39 is 0 Å². The van der Waals surface area contributed by atoms with Crippen LogP contribution in [0.4, 0.5) is 5.00 Å². The summed E-state index contributed by atoms with van der Waals surface area (Å²) in [5, 5.41) is 4.89. The molecule has 0 radical (unpaired) electrons. The fourth-order valence-corrected chi connectivity index (χ4v) is 2.98. The Morgan fingerprint density at radius 2 is 2.29 bits per heavy atom. The van der Waals surface area contributed by atoms with Gasteiger partial charge in [-0.15, -0.1) is 5.10 Å². The van der Waals surface area contributed by atoms with E-state index in [1.54, 1.807) is 0 Å². The van der Waals surface area contributed by atoms with E-state index in [1.807, 2.05) is 11.8 Å². The van der Waals surface area contributed by atoms with Gasteiger partial charge in [0, 0.05) is 23.0 Å². The molecule has 0 saturated heterocycles. The average molecular weight is 266 g/mol. The highest BCUT2D eigenvalue weighted by Gasteiger charge is 2.06. The number of benzene rings is 1. The molecule has 0 saturated carbocycles. The number of anilines is 1. The normalized spacial score (nSPS) is 10.5. The van der Waals surface area contributed by atoms with Gasteiger partial charge < -0.3 is 5.43 Å². The Morgan fingerprint density at radius 3 is 3.06 bits per heavy atom. The van der Waals surface area contributed by atoms with E-state index in [1.165, 1.54) is 22.7 Å². The van der Waals surface area contributed by atoms with Crippen LogP contribution in [0.5, 0.6) is 0 Å². The van der Waals surface area contributed by atoms with Crippen molar-refractivity contribution in [3.63, 3.8) is 0 Å². The fraction of sp³-hybridized carbons (Fsp3) is 0.273. The van der Waals surface area contributed by atoms with E-state index in [9.17, 15) is 0 Å². The molecule has 3 N–H and O–H groups in total. The second kappa shape index (κ2) is 6.00. The lowest BCUT2D eigenvalue weighted by atomic mass is 10.2. The summed E-state index contributed by atoms with van der Waals surface area (Å²) in [6, 6.07) is 8.53. The molecule has 1 aromatic heterocycles. The number of hydrazine groups is 1. The second-order valence-corrected chi connectivity index (χ2v) is 5.41. The lowest BCUT2D eigenvalue weighted by molar-refractivity contribution is 1.07. The zero-order valence-electron chi connectivity index (χ0n) is 9.51. The van der Waals surface area contributed by atoms with E-state index >= 15 is 0 Å². The predicted octanol–water partition coefficient (Wildman–Crippen LogP) is 2.57. The zero-order valence-corrected chi connectivity index (χ0v) is 11.1. The molecular weight excluding hydrogens is 252 g/mol. The molecule has 1 aromatic carbocycles. The van der Waals surface area contributed by atoms with Gasteiger partial charge in [0.25, 0.3) is 0 Å². The number of nitrogen functional groups attached to an aromatic ring is 1. The van der Waals surface area contributed by atoms with Gasteiger partial charge in [-0.05, 0) is 12.5 Å². The first-order chi connectivity index (χ1) is 8.29. The zero-order chi connectivity index (χ0) is 12.1. The van der Waals surface area contributed by atoms with Crippen LogP contribution in [0.3, 0.4) is 0 Å². The van der Waals surface area contributed by atoms with Crippen LogP contribution >= 0.6 is 23.3 Å². The third-order valence-corrected chi connectivity index (χ3v) is 3.99. The summed E-state index contributed by atoms with van der Waals surface area (Å²) in [4.78, 5) is 0. The third kappa shape index (κ3) is 3.42. The topological polar surface area (TPSA) is 63.8 Å².